The number of amidine groups is 1. The van der Waals surface area contributed by atoms with E-state index in [4.69, 9.17) is 4.99 Å². The number of anilines is 2. The number of benzene rings is 2. The minimum absolute atomic E-state index is 0.458. The highest BCUT2D eigenvalue weighted by atomic mass is 32.2. The molecular weight excluding hydrogens is 396 g/mol. The largest absolute Gasteiger partial charge is 0.361 e. The van der Waals surface area contributed by atoms with E-state index in [1.807, 2.05) is 11.8 Å². The van der Waals surface area contributed by atoms with E-state index in [0.29, 0.717) is 12.0 Å². The number of nitrogens with one attached hydrogen (secondary N) is 2. The Morgan fingerprint density at radius 2 is 1.97 bits per heavy atom. The van der Waals surface area contributed by atoms with Crippen LogP contribution < -0.4 is 10.6 Å². The summed E-state index contributed by atoms with van der Waals surface area (Å²) >= 11 is 3.55. The molecule has 1 atom stereocenters. The zero-order valence-electron chi connectivity index (χ0n) is 17.2. The number of aliphatic imine (C=N–C) groups is 1. The van der Waals surface area contributed by atoms with Crippen LogP contribution in [0.5, 0.6) is 0 Å². The molecule has 1 aromatic heterocycles. The van der Waals surface area contributed by atoms with E-state index < -0.39 is 0 Å². The van der Waals surface area contributed by atoms with Crippen LogP contribution >= 0.6 is 23.1 Å². The summed E-state index contributed by atoms with van der Waals surface area (Å²) in [6.45, 7) is 7.52. The molecule has 1 aliphatic heterocycles. The molecule has 0 saturated heterocycles. The highest BCUT2D eigenvalue weighted by Gasteiger charge is 2.19. The van der Waals surface area contributed by atoms with Crippen molar-refractivity contribution < 1.29 is 0 Å². The van der Waals surface area contributed by atoms with Gasteiger partial charge in [0.05, 0.1) is 16.3 Å². The van der Waals surface area contributed by atoms with Gasteiger partial charge in [-0.15, -0.1) is 0 Å². The molecule has 0 spiro atoms. The smallest absolute Gasteiger partial charge is 0.183 e. The number of hydrogen-bond donors (Lipinski definition) is 2. The Hall–Kier alpha value is -2.05. The molecule has 0 saturated carbocycles. The predicted octanol–water partition coefficient (Wildman–Crippen LogP) is 6.19. The summed E-state index contributed by atoms with van der Waals surface area (Å²) < 4.78 is 1.24. The highest BCUT2D eigenvalue weighted by Crippen LogP contribution is 2.27. The van der Waals surface area contributed by atoms with Crippen molar-refractivity contribution >= 4 is 49.3 Å². The van der Waals surface area contributed by atoms with Crippen molar-refractivity contribution in [3.8, 4) is 0 Å². The van der Waals surface area contributed by atoms with Gasteiger partial charge in [0.15, 0.2) is 10.3 Å². The lowest BCUT2D eigenvalue weighted by molar-refractivity contribution is 0.529. The number of thiazole rings is 1. The third-order valence-electron chi connectivity index (χ3n) is 4.89. The molecule has 0 unspecified atom stereocenters. The Labute approximate surface area is 181 Å². The van der Waals surface area contributed by atoms with Crippen molar-refractivity contribution in [2.75, 3.05) is 22.9 Å². The van der Waals surface area contributed by atoms with Gasteiger partial charge in [0.25, 0.3) is 0 Å². The van der Waals surface area contributed by atoms with Crippen molar-refractivity contribution in [2.24, 2.45) is 10.9 Å². The fourth-order valence-electron chi connectivity index (χ4n) is 3.45. The number of aryl methyl sites for hydroxylation is 1. The van der Waals surface area contributed by atoms with Gasteiger partial charge in [-0.25, -0.2) is 4.98 Å². The summed E-state index contributed by atoms with van der Waals surface area (Å²) in [5.74, 6) is 1.79. The maximum absolute atomic E-state index is 4.81. The van der Waals surface area contributed by atoms with Crippen molar-refractivity contribution in [1.82, 2.24) is 4.98 Å². The van der Waals surface area contributed by atoms with Crippen molar-refractivity contribution in [3.05, 3.63) is 53.6 Å². The van der Waals surface area contributed by atoms with Gasteiger partial charge >= 0.3 is 0 Å². The first-order valence-electron chi connectivity index (χ1n) is 10.2. The molecule has 0 aliphatic carbocycles. The van der Waals surface area contributed by atoms with Crippen LogP contribution in [0.15, 0.2) is 47.5 Å². The fraction of sp³-hybridized carbons (Fsp3) is 0.391. The van der Waals surface area contributed by atoms with Gasteiger partial charge in [0.2, 0.25) is 0 Å². The summed E-state index contributed by atoms with van der Waals surface area (Å²) in [5.41, 5.74) is 4.78. The number of hydrogen-bond acceptors (Lipinski definition) is 6. The van der Waals surface area contributed by atoms with Gasteiger partial charge in [-0.2, -0.15) is 0 Å². The third kappa shape index (κ3) is 5.52. The minimum Gasteiger partial charge on any atom is -0.361 e. The molecule has 2 heterocycles. The second kappa shape index (κ2) is 9.18. The lowest BCUT2D eigenvalue weighted by Crippen LogP contribution is -2.08. The van der Waals surface area contributed by atoms with Crippen molar-refractivity contribution in [1.29, 1.82) is 0 Å². The van der Waals surface area contributed by atoms with E-state index in [-0.39, 0.29) is 0 Å². The Morgan fingerprint density at radius 1 is 1.14 bits per heavy atom. The van der Waals surface area contributed by atoms with E-state index in [0.717, 1.165) is 40.2 Å². The first-order chi connectivity index (χ1) is 14.0. The maximum Gasteiger partial charge on any atom is 0.183 e. The van der Waals surface area contributed by atoms with E-state index in [2.05, 4.69) is 78.9 Å². The second-order valence-corrected chi connectivity index (χ2v) is 10.1. The van der Waals surface area contributed by atoms with Crippen LogP contribution in [0.3, 0.4) is 0 Å². The van der Waals surface area contributed by atoms with Crippen LogP contribution in [-0.2, 0) is 6.42 Å². The predicted molar refractivity (Wildman–Crippen MR) is 130 cm³/mol. The fourth-order valence-corrected chi connectivity index (χ4v) is 5.41. The molecule has 0 amide bonds. The van der Waals surface area contributed by atoms with Gasteiger partial charge in [-0.05, 0) is 61.1 Å². The normalized spacial score (nSPS) is 16.4. The average molecular weight is 425 g/mol. The van der Waals surface area contributed by atoms with E-state index in [1.54, 1.807) is 11.3 Å². The summed E-state index contributed by atoms with van der Waals surface area (Å²) in [5, 5.41) is 8.98. The molecule has 152 valence electrons. The molecule has 2 aromatic carbocycles. The summed E-state index contributed by atoms with van der Waals surface area (Å²) in [7, 11) is 0. The number of fused-ring (bicyclic) bond motifs is 1. The average Bonchev–Trinajstić information content (AvgIpc) is 3.28. The molecule has 2 N–H and O–H groups in total. The SMILES string of the molecule is Cc1ccc2nc(NCCc3ccc(NC4=N[C@H](CC(C)C)CS4)cc3)sc2c1. The van der Waals surface area contributed by atoms with Crippen LogP contribution in [0.2, 0.25) is 0 Å². The highest BCUT2D eigenvalue weighted by molar-refractivity contribution is 8.14. The number of aromatic nitrogens is 1. The third-order valence-corrected chi connectivity index (χ3v) is 6.90. The summed E-state index contributed by atoms with van der Waals surface area (Å²) in [6.07, 6.45) is 2.14. The number of rotatable bonds is 7. The molecule has 3 aromatic rings. The number of nitrogens with zero attached hydrogens (tertiary/aromatic N) is 2. The Kier molecular flexibility index (Phi) is 6.40. The minimum atomic E-state index is 0.458. The second-order valence-electron chi connectivity index (χ2n) is 8.02. The van der Waals surface area contributed by atoms with Crippen LogP contribution in [0, 0.1) is 12.8 Å². The quantitative estimate of drug-likeness (QED) is 0.475. The Morgan fingerprint density at radius 3 is 2.76 bits per heavy atom. The van der Waals surface area contributed by atoms with Gasteiger partial charge in [0, 0.05) is 18.0 Å². The van der Waals surface area contributed by atoms with E-state index in [1.165, 1.54) is 22.2 Å². The standard InChI is InChI=1S/C23H28N4S2/c1-15(2)12-19-14-28-23(26-19)25-18-7-5-17(6-8-18)10-11-24-22-27-20-9-4-16(3)13-21(20)29-22/h4-9,13,15,19H,10-12,14H2,1-3H3,(H,24,27)(H,25,26)/t19-/m1/s1. The molecule has 6 heteroatoms. The van der Waals surface area contributed by atoms with Crippen LogP contribution in [-0.4, -0.2) is 28.5 Å². The molecule has 0 bridgehead atoms. The number of thioether (sulfide) groups is 1. The Bertz CT molecular complexity index is 992. The molecule has 0 fully saturated rings. The van der Waals surface area contributed by atoms with Gasteiger partial charge < -0.3 is 10.6 Å². The zero-order valence-corrected chi connectivity index (χ0v) is 18.9. The van der Waals surface area contributed by atoms with Crippen molar-refractivity contribution in [3.63, 3.8) is 0 Å². The van der Waals surface area contributed by atoms with Crippen molar-refractivity contribution in [2.45, 2.75) is 39.7 Å². The molecule has 1 aliphatic rings. The summed E-state index contributed by atoms with van der Waals surface area (Å²) in [6, 6.07) is 15.5. The van der Waals surface area contributed by atoms with Crippen LogP contribution in [0.4, 0.5) is 10.8 Å². The van der Waals surface area contributed by atoms with Gasteiger partial charge in [-0.3, -0.25) is 4.99 Å². The Balaban J connectivity index is 1.27. The topological polar surface area (TPSA) is 49.3 Å². The molecular formula is C23H28N4S2. The van der Waals surface area contributed by atoms with Gasteiger partial charge in [0.1, 0.15) is 0 Å². The monoisotopic (exact) mass is 424 g/mol. The maximum atomic E-state index is 4.81. The molecule has 29 heavy (non-hydrogen) atoms. The zero-order chi connectivity index (χ0) is 20.2. The summed E-state index contributed by atoms with van der Waals surface area (Å²) in [4.78, 5) is 9.47. The molecule has 4 rings (SSSR count). The lowest BCUT2D eigenvalue weighted by Gasteiger charge is -2.08. The molecule has 4 nitrogen and oxygen atoms in total. The van der Waals surface area contributed by atoms with E-state index >= 15 is 0 Å². The van der Waals surface area contributed by atoms with Gasteiger partial charge in [-0.1, -0.05) is 55.1 Å². The first kappa shape index (κ1) is 20.2. The van der Waals surface area contributed by atoms with Crippen LogP contribution in [0.1, 0.15) is 31.4 Å². The van der Waals surface area contributed by atoms with E-state index in [9.17, 15) is 0 Å². The molecule has 0 radical (unpaired) electrons. The first-order valence-corrected chi connectivity index (χ1v) is 12.0. The lowest BCUT2D eigenvalue weighted by atomic mass is 10.1. The van der Waals surface area contributed by atoms with Crippen LogP contribution in [0.25, 0.3) is 10.2 Å².